The van der Waals surface area contributed by atoms with Crippen molar-refractivity contribution >= 4 is 49.3 Å². The van der Waals surface area contributed by atoms with Crippen molar-refractivity contribution in [1.82, 2.24) is 15.0 Å². The molecule has 2 heterocycles. The van der Waals surface area contributed by atoms with Crippen LogP contribution >= 0.6 is 0 Å². The van der Waals surface area contributed by atoms with Crippen LogP contribution in [0.1, 0.15) is 0 Å². The number of sulfonamides is 1. The minimum absolute atomic E-state index is 0.0736. The van der Waals surface area contributed by atoms with E-state index in [-0.39, 0.29) is 16.5 Å². The van der Waals surface area contributed by atoms with E-state index in [4.69, 9.17) is 4.74 Å². The Kier molecular flexibility index (Phi) is 5.23. The summed E-state index contributed by atoms with van der Waals surface area (Å²) in [5.41, 5.74) is 2.46. The fourth-order valence-electron chi connectivity index (χ4n) is 3.45. The number of ether oxygens (including phenoxy) is 1. The lowest BCUT2D eigenvalue weighted by Gasteiger charge is -2.15. The summed E-state index contributed by atoms with van der Waals surface area (Å²) >= 11 is 0. The first-order chi connectivity index (χ1) is 16.0. The van der Waals surface area contributed by atoms with Gasteiger partial charge in [0.2, 0.25) is 0 Å². The van der Waals surface area contributed by atoms with Crippen LogP contribution in [-0.4, -0.2) is 30.5 Å². The van der Waals surface area contributed by atoms with Crippen molar-refractivity contribution in [3.63, 3.8) is 0 Å². The predicted octanol–water partition coefficient (Wildman–Crippen LogP) is 4.73. The second-order valence-electron chi connectivity index (χ2n) is 7.20. The van der Waals surface area contributed by atoms with Crippen LogP contribution in [0.5, 0.6) is 5.75 Å². The molecule has 0 fully saturated rings. The van der Waals surface area contributed by atoms with E-state index in [9.17, 15) is 8.42 Å². The largest absolute Gasteiger partial charge is 0.497 e. The highest BCUT2D eigenvalue weighted by molar-refractivity contribution is 7.92. The number of nitrogens with zero attached hydrogens (tertiary/aromatic N) is 3. The van der Waals surface area contributed by atoms with Crippen LogP contribution in [0.2, 0.25) is 0 Å². The molecule has 164 valence electrons. The zero-order chi connectivity index (χ0) is 22.8. The number of methoxy groups -OCH3 is 1. The number of para-hydroxylation sites is 2. The molecular formula is C24H19N5O3S. The summed E-state index contributed by atoms with van der Waals surface area (Å²) in [6, 6.07) is 22.8. The molecule has 5 aromatic rings. The highest BCUT2D eigenvalue weighted by atomic mass is 32.2. The van der Waals surface area contributed by atoms with Gasteiger partial charge in [-0.3, -0.25) is 9.71 Å². The Morgan fingerprint density at radius 1 is 0.818 bits per heavy atom. The predicted molar refractivity (Wildman–Crippen MR) is 128 cm³/mol. The number of benzene rings is 3. The van der Waals surface area contributed by atoms with Crippen LogP contribution in [-0.2, 0) is 10.0 Å². The van der Waals surface area contributed by atoms with E-state index in [0.717, 1.165) is 5.39 Å². The monoisotopic (exact) mass is 457 g/mol. The standard InChI is InChI=1S/C24H19N5O3S/c1-32-17-14-16-8-7-13-25-22(16)21(15-17)28-23-24(27-20-12-6-5-11-19(20)26-23)29-33(30,31)18-9-3-2-4-10-18/h2-15H,1H3,(H,26,28)(H,27,29). The maximum atomic E-state index is 13.0. The molecule has 9 heteroatoms. The summed E-state index contributed by atoms with van der Waals surface area (Å²) in [7, 11) is -2.30. The molecule has 0 unspecified atom stereocenters. The Bertz CT molecular complexity index is 1570. The second-order valence-corrected chi connectivity index (χ2v) is 8.89. The Morgan fingerprint density at radius 3 is 2.24 bits per heavy atom. The molecule has 8 nitrogen and oxygen atoms in total. The lowest BCUT2D eigenvalue weighted by molar-refractivity contribution is 0.415. The van der Waals surface area contributed by atoms with Gasteiger partial charge >= 0.3 is 0 Å². The van der Waals surface area contributed by atoms with Crippen molar-refractivity contribution in [3.8, 4) is 5.75 Å². The number of nitrogens with one attached hydrogen (secondary N) is 2. The number of hydrogen-bond donors (Lipinski definition) is 2. The van der Waals surface area contributed by atoms with Gasteiger partial charge in [0.25, 0.3) is 10.0 Å². The van der Waals surface area contributed by atoms with E-state index in [1.54, 1.807) is 43.6 Å². The Labute approximate surface area is 190 Å². The summed E-state index contributed by atoms with van der Waals surface area (Å²) < 4.78 is 34.0. The third-order valence-corrected chi connectivity index (χ3v) is 6.38. The lowest BCUT2D eigenvalue weighted by Crippen LogP contribution is -2.16. The molecule has 0 aliphatic heterocycles. The van der Waals surface area contributed by atoms with Crippen molar-refractivity contribution in [1.29, 1.82) is 0 Å². The molecule has 0 saturated carbocycles. The highest BCUT2D eigenvalue weighted by Crippen LogP contribution is 2.33. The minimum atomic E-state index is -3.88. The maximum Gasteiger partial charge on any atom is 0.263 e. The van der Waals surface area contributed by atoms with E-state index in [1.165, 1.54) is 12.1 Å². The van der Waals surface area contributed by atoms with Crippen molar-refractivity contribution in [3.05, 3.63) is 85.1 Å². The van der Waals surface area contributed by atoms with Gasteiger partial charge in [-0.2, -0.15) is 0 Å². The van der Waals surface area contributed by atoms with Gasteiger partial charge < -0.3 is 10.1 Å². The first-order valence-electron chi connectivity index (χ1n) is 10.1. The zero-order valence-corrected chi connectivity index (χ0v) is 18.4. The van der Waals surface area contributed by atoms with Crippen LogP contribution in [0.25, 0.3) is 21.9 Å². The van der Waals surface area contributed by atoms with Gasteiger partial charge in [-0.25, -0.2) is 18.4 Å². The van der Waals surface area contributed by atoms with Crippen molar-refractivity contribution in [2.45, 2.75) is 4.90 Å². The molecule has 0 radical (unpaired) electrons. The quantitative estimate of drug-likeness (QED) is 0.380. The SMILES string of the molecule is COc1cc(Nc2nc3ccccc3nc2NS(=O)(=O)c2ccccc2)c2ncccc2c1. The van der Waals surface area contributed by atoms with Gasteiger partial charge in [0.05, 0.1) is 34.2 Å². The topological polar surface area (TPSA) is 106 Å². The molecule has 5 rings (SSSR count). The second kappa shape index (κ2) is 8.36. The lowest BCUT2D eigenvalue weighted by atomic mass is 10.1. The van der Waals surface area contributed by atoms with Crippen LogP contribution in [0, 0.1) is 0 Å². The van der Waals surface area contributed by atoms with Crippen molar-refractivity contribution < 1.29 is 13.2 Å². The fourth-order valence-corrected chi connectivity index (χ4v) is 4.48. The molecule has 33 heavy (non-hydrogen) atoms. The third kappa shape index (κ3) is 4.13. The Balaban J connectivity index is 1.65. The summed E-state index contributed by atoms with van der Waals surface area (Å²) in [5, 5.41) is 4.07. The van der Waals surface area contributed by atoms with Gasteiger partial charge in [0, 0.05) is 17.6 Å². The number of hydrogen-bond acceptors (Lipinski definition) is 7. The number of anilines is 3. The van der Waals surface area contributed by atoms with Crippen molar-refractivity contribution in [2.75, 3.05) is 17.1 Å². The molecule has 3 aromatic carbocycles. The molecule has 0 aliphatic carbocycles. The highest BCUT2D eigenvalue weighted by Gasteiger charge is 2.19. The molecular weight excluding hydrogens is 438 g/mol. The van der Waals surface area contributed by atoms with E-state index in [0.29, 0.717) is 28.0 Å². The van der Waals surface area contributed by atoms with E-state index < -0.39 is 10.0 Å². The molecule has 0 atom stereocenters. The van der Waals surface area contributed by atoms with Gasteiger partial charge in [0.1, 0.15) is 5.75 Å². The first-order valence-corrected chi connectivity index (χ1v) is 11.6. The minimum Gasteiger partial charge on any atom is -0.497 e. The fraction of sp³-hybridized carbons (Fsp3) is 0.0417. The molecule has 2 N–H and O–H groups in total. The molecule has 0 bridgehead atoms. The van der Waals surface area contributed by atoms with Gasteiger partial charge in [-0.15, -0.1) is 0 Å². The first kappa shape index (κ1) is 20.7. The van der Waals surface area contributed by atoms with E-state index >= 15 is 0 Å². The summed E-state index contributed by atoms with van der Waals surface area (Å²) in [5.74, 6) is 0.941. The smallest absolute Gasteiger partial charge is 0.263 e. The molecule has 0 amide bonds. The molecule has 0 saturated heterocycles. The van der Waals surface area contributed by atoms with Crippen LogP contribution < -0.4 is 14.8 Å². The number of fused-ring (bicyclic) bond motifs is 2. The summed E-state index contributed by atoms with van der Waals surface area (Å²) in [6.07, 6.45) is 1.69. The number of pyridine rings is 1. The van der Waals surface area contributed by atoms with Crippen molar-refractivity contribution in [2.24, 2.45) is 0 Å². The Hall–Kier alpha value is -4.24. The molecule has 0 aliphatic rings. The van der Waals surface area contributed by atoms with Crippen LogP contribution in [0.3, 0.4) is 0 Å². The van der Waals surface area contributed by atoms with Gasteiger partial charge in [-0.05, 0) is 36.4 Å². The maximum absolute atomic E-state index is 13.0. The average molecular weight is 458 g/mol. The van der Waals surface area contributed by atoms with E-state index in [1.807, 2.05) is 36.4 Å². The summed E-state index contributed by atoms with van der Waals surface area (Å²) in [4.78, 5) is 13.8. The number of aromatic nitrogens is 3. The third-order valence-electron chi connectivity index (χ3n) is 5.02. The average Bonchev–Trinajstić information content (AvgIpc) is 2.84. The van der Waals surface area contributed by atoms with E-state index in [2.05, 4.69) is 25.0 Å². The van der Waals surface area contributed by atoms with Crippen LogP contribution in [0.15, 0.2) is 90.0 Å². The van der Waals surface area contributed by atoms with Gasteiger partial charge in [0.15, 0.2) is 11.6 Å². The molecule has 2 aromatic heterocycles. The normalized spacial score (nSPS) is 11.4. The Morgan fingerprint density at radius 2 is 1.52 bits per heavy atom. The zero-order valence-electron chi connectivity index (χ0n) is 17.6. The number of rotatable bonds is 6. The van der Waals surface area contributed by atoms with Crippen LogP contribution in [0.4, 0.5) is 17.3 Å². The van der Waals surface area contributed by atoms with Gasteiger partial charge in [-0.1, -0.05) is 36.4 Å². The molecule has 0 spiro atoms. The summed E-state index contributed by atoms with van der Waals surface area (Å²) in [6.45, 7) is 0.